The first-order valence-corrected chi connectivity index (χ1v) is 8.79. The van der Waals surface area contributed by atoms with Gasteiger partial charge in [-0.05, 0) is 54.3 Å². The second-order valence-electron chi connectivity index (χ2n) is 8.47. The van der Waals surface area contributed by atoms with Gasteiger partial charge in [-0.3, -0.25) is 0 Å². The van der Waals surface area contributed by atoms with Crippen LogP contribution in [0, 0.1) is 35.0 Å². The van der Waals surface area contributed by atoms with Gasteiger partial charge in [0.2, 0.25) is 0 Å². The first-order chi connectivity index (χ1) is 8.79. The van der Waals surface area contributed by atoms with Crippen LogP contribution in [-0.4, -0.2) is 0 Å². The van der Waals surface area contributed by atoms with Crippen molar-refractivity contribution in [3.8, 4) is 0 Å². The first-order valence-electron chi connectivity index (χ1n) is 8.79. The summed E-state index contributed by atoms with van der Waals surface area (Å²) in [6.07, 6.45) is 8.63. The van der Waals surface area contributed by atoms with Crippen molar-refractivity contribution in [2.45, 2.75) is 87.0 Å². The molecule has 0 spiro atoms. The highest BCUT2D eigenvalue weighted by Gasteiger charge is 2.45. The normalized spacial score (nSPS) is 27.9. The molecule has 5 unspecified atom stereocenters. The highest BCUT2D eigenvalue weighted by molar-refractivity contribution is 4.94. The molecule has 19 heavy (non-hydrogen) atoms. The minimum Gasteiger partial charge on any atom is -0.0651 e. The van der Waals surface area contributed by atoms with Crippen molar-refractivity contribution in [1.82, 2.24) is 0 Å². The average molecular weight is 267 g/mol. The maximum atomic E-state index is 2.46. The molecule has 0 heterocycles. The van der Waals surface area contributed by atoms with E-state index in [1.807, 2.05) is 0 Å². The highest BCUT2D eigenvalue weighted by atomic mass is 14.5. The lowest BCUT2D eigenvalue weighted by Gasteiger charge is -2.30. The predicted molar refractivity (Wildman–Crippen MR) is 87.3 cm³/mol. The van der Waals surface area contributed by atoms with Crippen molar-refractivity contribution in [3.63, 3.8) is 0 Å². The molecule has 0 aromatic carbocycles. The van der Waals surface area contributed by atoms with E-state index < -0.39 is 0 Å². The van der Waals surface area contributed by atoms with Crippen molar-refractivity contribution in [2.75, 3.05) is 0 Å². The molecule has 1 rings (SSSR count). The summed E-state index contributed by atoms with van der Waals surface area (Å²) >= 11 is 0. The van der Waals surface area contributed by atoms with Crippen LogP contribution in [0.15, 0.2) is 0 Å². The maximum Gasteiger partial charge on any atom is -0.0337 e. The quantitative estimate of drug-likeness (QED) is 0.467. The Morgan fingerprint density at radius 2 is 1.63 bits per heavy atom. The van der Waals surface area contributed by atoms with E-state index in [9.17, 15) is 0 Å². The summed E-state index contributed by atoms with van der Waals surface area (Å²) in [6, 6.07) is 0. The standard InChI is InChI=1S/C19H38/c1-8-14(3)12-15(4)10-11-16-13-17(16)18(9-2)19(5,6)7/h14-18H,8-13H2,1-7H3. The Hall–Kier alpha value is 0. The van der Waals surface area contributed by atoms with Gasteiger partial charge in [0.05, 0.1) is 0 Å². The number of rotatable bonds is 8. The van der Waals surface area contributed by atoms with Gasteiger partial charge in [0.15, 0.2) is 0 Å². The van der Waals surface area contributed by atoms with Gasteiger partial charge in [0.25, 0.3) is 0 Å². The van der Waals surface area contributed by atoms with Gasteiger partial charge >= 0.3 is 0 Å². The lowest BCUT2D eigenvalue weighted by atomic mass is 9.75. The summed E-state index contributed by atoms with van der Waals surface area (Å²) in [6.45, 7) is 16.9. The van der Waals surface area contributed by atoms with Crippen molar-refractivity contribution < 1.29 is 0 Å². The van der Waals surface area contributed by atoms with Gasteiger partial charge in [-0.15, -0.1) is 0 Å². The molecular formula is C19H38. The summed E-state index contributed by atoms with van der Waals surface area (Å²) < 4.78 is 0. The molecule has 0 radical (unpaired) electrons. The third-order valence-corrected chi connectivity index (χ3v) is 5.58. The maximum absolute atomic E-state index is 2.46. The summed E-state index contributed by atoms with van der Waals surface area (Å²) in [7, 11) is 0. The van der Waals surface area contributed by atoms with Gasteiger partial charge in [-0.25, -0.2) is 0 Å². The first kappa shape index (κ1) is 17.1. The van der Waals surface area contributed by atoms with E-state index in [0.29, 0.717) is 5.41 Å². The minimum atomic E-state index is 0.510. The number of hydrogen-bond acceptors (Lipinski definition) is 0. The monoisotopic (exact) mass is 266 g/mol. The topological polar surface area (TPSA) is 0 Å². The van der Waals surface area contributed by atoms with E-state index in [2.05, 4.69) is 48.5 Å². The molecule has 1 saturated carbocycles. The van der Waals surface area contributed by atoms with Crippen LogP contribution in [0.4, 0.5) is 0 Å². The van der Waals surface area contributed by atoms with E-state index in [1.54, 1.807) is 0 Å². The molecule has 0 nitrogen and oxygen atoms in total. The van der Waals surface area contributed by atoms with E-state index in [1.165, 1.54) is 38.5 Å². The van der Waals surface area contributed by atoms with Crippen LogP contribution in [0.25, 0.3) is 0 Å². The molecular weight excluding hydrogens is 228 g/mol. The molecule has 0 bridgehead atoms. The highest BCUT2D eigenvalue weighted by Crippen LogP contribution is 2.54. The van der Waals surface area contributed by atoms with Crippen molar-refractivity contribution in [2.24, 2.45) is 35.0 Å². The molecule has 0 heteroatoms. The Morgan fingerprint density at radius 3 is 2.11 bits per heavy atom. The Morgan fingerprint density at radius 1 is 1.00 bits per heavy atom. The van der Waals surface area contributed by atoms with Gasteiger partial charge in [-0.1, -0.05) is 67.7 Å². The molecule has 0 saturated heterocycles. The zero-order chi connectivity index (χ0) is 14.6. The summed E-state index contributed by atoms with van der Waals surface area (Å²) in [5.74, 6) is 4.90. The van der Waals surface area contributed by atoms with Crippen LogP contribution in [-0.2, 0) is 0 Å². The molecule has 0 N–H and O–H groups in total. The van der Waals surface area contributed by atoms with Crippen LogP contribution in [0.5, 0.6) is 0 Å². The summed E-state index contributed by atoms with van der Waals surface area (Å²) in [4.78, 5) is 0. The Bertz CT molecular complexity index is 247. The van der Waals surface area contributed by atoms with E-state index in [-0.39, 0.29) is 0 Å². The van der Waals surface area contributed by atoms with Gasteiger partial charge in [0.1, 0.15) is 0 Å². The van der Waals surface area contributed by atoms with Gasteiger partial charge in [0, 0.05) is 0 Å². The molecule has 0 amide bonds. The van der Waals surface area contributed by atoms with Crippen molar-refractivity contribution >= 4 is 0 Å². The second-order valence-corrected chi connectivity index (χ2v) is 8.47. The molecule has 5 atom stereocenters. The SMILES string of the molecule is CCC(C)CC(C)CCC1CC1C(CC)C(C)(C)C. The molecule has 1 fully saturated rings. The minimum absolute atomic E-state index is 0.510. The smallest absolute Gasteiger partial charge is 0.0337 e. The van der Waals surface area contributed by atoms with Gasteiger partial charge < -0.3 is 0 Å². The van der Waals surface area contributed by atoms with Crippen LogP contribution < -0.4 is 0 Å². The molecule has 0 aromatic heterocycles. The van der Waals surface area contributed by atoms with Crippen LogP contribution in [0.1, 0.15) is 87.0 Å². The van der Waals surface area contributed by atoms with Crippen LogP contribution in [0.2, 0.25) is 0 Å². The summed E-state index contributed by atoms with van der Waals surface area (Å²) in [5, 5.41) is 0. The molecule has 0 aliphatic heterocycles. The lowest BCUT2D eigenvalue weighted by Crippen LogP contribution is -2.22. The lowest BCUT2D eigenvalue weighted by molar-refractivity contribution is 0.193. The Labute approximate surface area is 122 Å². The fourth-order valence-corrected chi connectivity index (χ4v) is 4.12. The van der Waals surface area contributed by atoms with Crippen molar-refractivity contribution in [1.29, 1.82) is 0 Å². The average Bonchev–Trinajstić information content (AvgIpc) is 3.04. The fourth-order valence-electron chi connectivity index (χ4n) is 4.12. The third kappa shape index (κ3) is 5.48. The van der Waals surface area contributed by atoms with Crippen LogP contribution in [0.3, 0.4) is 0 Å². The predicted octanol–water partition coefficient (Wildman–Crippen LogP) is 6.55. The molecule has 1 aliphatic rings. The van der Waals surface area contributed by atoms with Crippen molar-refractivity contribution in [3.05, 3.63) is 0 Å². The van der Waals surface area contributed by atoms with E-state index in [4.69, 9.17) is 0 Å². The molecule has 1 aliphatic carbocycles. The summed E-state index contributed by atoms with van der Waals surface area (Å²) in [5.41, 5.74) is 0.510. The second kappa shape index (κ2) is 7.14. The van der Waals surface area contributed by atoms with E-state index >= 15 is 0 Å². The van der Waals surface area contributed by atoms with Crippen LogP contribution >= 0.6 is 0 Å². The van der Waals surface area contributed by atoms with E-state index in [0.717, 1.165) is 29.6 Å². The fraction of sp³-hybridized carbons (Fsp3) is 1.00. The number of hydrogen-bond donors (Lipinski definition) is 0. The molecule has 114 valence electrons. The Balaban J connectivity index is 2.27. The largest absolute Gasteiger partial charge is 0.0651 e. The Kier molecular flexibility index (Phi) is 6.40. The molecule has 0 aromatic rings. The third-order valence-electron chi connectivity index (χ3n) is 5.58. The zero-order valence-electron chi connectivity index (χ0n) is 14.6. The van der Waals surface area contributed by atoms with Gasteiger partial charge in [-0.2, -0.15) is 0 Å². The zero-order valence-corrected chi connectivity index (χ0v) is 14.6.